The zero-order valence-electron chi connectivity index (χ0n) is 4.89. The Morgan fingerprint density at radius 1 is 1.75 bits per heavy atom. The first-order valence-electron chi connectivity index (χ1n) is 2.18. The SMILES string of the molecule is CC=C=[C]C(=O)OC. The van der Waals surface area contributed by atoms with Gasteiger partial charge in [-0.25, -0.2) is 4.79 Å². The number of rotatable bonds is 1. The molecule has 0 atom stereocenters. The van der Waals surface area contributed by atoms with E-state index in [1.807, 2.05) is 0 Å². The van der Waals surface area contributed by atoms with Gasteiger partial charge in [-0.05, 0) is 13.0 Å². The van der Waals surface area contributed by atoms with Crippen LogP contribution < -0.4 is 0 Å². The van der Waals surface area contributed by atoms with E-state index in [4.69, 9.17) is 0 Å². The topological polar surface area (TPSA) is 26.3 Å². The highest BCUT2D eigenvalue weighted by Crippen LogP contribution is 1.70. The molecule has 0 aliphatic rings. The van der Waals surface area contributed by atoms with Gasteiger partial charge in [-0.1, -0.05) is 0 Å². The standard InChI is InChI=1S/C6H7O2/c1-3-4-5-6(7)8-2/h3H,1-2H3. The number of esters is 1. The minimum absolute atomic E-state index is 0.497. The molecule has 0 saturated carbocycles. The van der Waals surface area contributed by atoms with Crippen molar-refractivity contribution >= 4 is 5.97 Å². The maximum absolute atomic E-state index is 10.2. The Morgan fingerprint density at radius 2 is 2.38 bits per heavy atom. The van der Waals surface area contributed by atoms with Gasteiger partial charge in [-0.2, -0.15) is 0 Å². The van der Waals surface area contributed by atoms with Crippen LogP contribution in [0.2, 0.25) is 0 Å². The third-order valence-electron chi connectivity index (χ3n) is 0.504. The van der Waals surface area contributed by atoms with Crippen LogP contribution in [0.25, 0.3) is 0 Å². The number of carbonyl (C=O) groups excluding carboxylic acids is 1. The second-order valence-corrected chi connectivity index (χ2v) is 1.05. The van der Waals surface area contributed by atoms with Crippen LogP contribution in [0, 0.1) is 6.08 Å². The molecule has 0 bridgehead atoms. The van der Waals surface area contributed by atoms with Crippen molar-refractivity contribution in [2.75, 3.05) is 7.11 Å². The Morgan fingerprint density at radius 3 is 2.75 bits per heavy atom. The Kier molecular flexibility index (Phi) is 3.63. The van der Waals surface area contributed by atoms with Gasteiger partial charge in [0.15, 0.2) is 0 Å². The Bertz CT molecular complexity index is 129. The highest BCUT2D eigenvalue weighted by Gasteiger charge is 1.86. The highest BCUT2D eigenvalue weighted by atomic mass is 16.5. The fourth-order valence-electron chi connectivity index (χ4n) is 0.182. The fourth-order valence-corrected chi connectivity index (χ4v) is 0.182. The van der Waals surface area contributed by atoms with Crippen LogP contribution in [0.1, 0.15) is 6.92 Å². The number of hydrogen-bond acceptors (Lipinski definition) is 2. The first-order chi connectivity index (χ1) is 3.81. The molecule has 8 heavy (non-hydrogen) atoms. The van der Waals surface area contributed by atoms with Crippen molar-refractivity contribution in [3.05, 3.63) is 17.9 Å². The van der Waals surface area contributed by atoms with Gasteiger partial charge >= 0.3 is 5.97 Å². The summed E-state index contributed by atoms with van der Waals surface area (Å²) >= 11 is 0. The van der Waals surface area contributed by atoms with E-state index in [1.165, 1.54) is 7.11 Å². The van der Waals surface area contributed by atoms with Gasteiger partial charge in [0.05, 0.1) is 7.11 Å². The highest BCUT2D eigenvalue weighted by molar-refractivity contribution is 5.77. The molecule has 1 radical (unpaired) electrons. The molecule has 0 spiro atoms. The van der Waals surface area contributed by atoms with Crippen molar-refractivity contribution in [1.82, 2.24) is 0 Å². The second-order valence-electron chi connectivity index (χ2n) is 1.05. The van der Waals surface area contributed by atoms with Gasteiger partial charge in [-0.15, -0.1) is 5.73 Å². The lowest BCUT2D eigenvalue weighted by Crippen LogP contribution is -1.92. The van der Waals surface area contributed by atoms with Crippen LogP contribution in [0.4, 0.5) is 0 Å². The van der Waals surface area contributed by atoms with Crippen molar-refractivity contribution < 1.29 is 9.53 Å². The van der Waals surface area contributed by atoms with E-state index in [2.05, 4.69) is 16.5 Å². The Hall–Kier alpha value is -1.01. The smallest absolute Gasteiger partial charge is 0.347 e. The molecule has 2 nitrogen and oxygen atoms in total. The zero-order valence-corrected chi connectivity index (χ0v) is 4.89. The summed E-state index contributed by atoms with van der Waals surface area (Å²) in [7, 11) is 1.30. The van der Waals surface area contributed by atoms with Crippen LogP contribution in [0.15, 0.2) is 11.8 Å². The minimum atomic E-state index is -0.497. The largest absolute Gasteiger partial charge is 0.465 e. The molecule has 0 aromatic heterocycles. The lowest BCUT2D eigenvalue weighted by molar-refractivity contribution is -0.135. The summed E-state index contributed by atoms with van der Waals surface area (Å²) in [6.45, 7) is 1.75. The minimum Gasteiger partial charge on any atom is -0.465 e. The van der Waals surface area contributed by atoms with Crippen LogP contribution in [-0.4, -0.2) is 13.1 Å². The number of carbonyl (C=O) groups is 1. The van der Waals surface area contributed by atoms with Gasteiger partial charge in [0, 0.05) is 0 Å². The van der Waals surface area contributed by atoms with E-state index in [0.29, 0.717) is 0 Å². The van der Waals surface area contributed by atoms with E-state index in [1.54, 1.807) is 13.0 Å². The Labute approximate surface area is 48.5 Å². The predicted octanol–water partition coefficient (Wildman–Crippen LogP) is 0.694. The summed E-state index contributed by atoms with van der Waals surface area (Å²) in [6, 6.07) is 0. The quantitative estimate of drug-likeness (QED) is 0.283. The van der Waals surface area contributed by atoms with Crippen LogP contribution in [0.3, 0.4) is 0 Å². The van der Waals surface area contributed by atoms with Crippen molar-refractivity contribution in [1.29, 1.82) is 0 Å². The summed E-state index contributed by atoms with van der Waals surface area (Å²) < 4.78 is 4.22. The van der Waals surface area contributed by atoms with Crippen molar-refractivity contribution in [2.24, 2.45) is 0 Å². The molecule has 0 aromatic rings. The van der Waals surface area contributed by atoms with Crippen molar-refractivity contribution in [3.63, 3.8) is 0 Å². The average molecular weight is 111 g/mol. The molecular formula is C6H7O2. The third-order valence-corrected chi connectivity index (χ3v) is 0.504. The molecule has 0 amide bonds. The molecule has 43 valence electrons. The summed E-state index contributed by atoms with van der Waals surface area (Å²) in [5.74, 6) is -0.497. The lowest BCUT2D eigenvalue weighted by atomic mass is 10.5. The van der Waals surface area contributed by atoms with Gasteiger partial charge in [0.2, 0.25) is 0 Å². The van der Waals surface area contributed by atoms with Crippen molar-refractivity contribution in [3.8, 4) is 0 Å². The van der Waals surface area contributed by atoms with E-state index >= 15 is 0 Å². The van der Waals surface area contributed by atoms with Crippen LogP contribution in [0.5, 0.6) is 0 Å². The number of hydrogen-bond donors (Lipinski definition) is 0. The van der Waals surface area contributed by atoms with E-state index in [0.717, 1.165) is 0 Å². The number of ether oxygens (including phenoxy) is 1. The zero-order chi connectivity index (χ0) is 6.41. The van der Waals surface area contributed by atoms with Gasteiger partial charge in [0.25, 0.3) is 0 Å². The van der Waals surface area contributed by atoms with E-state index in [-0.39, 0.29) is 0 Å². The van der Waals surface area contributed by atoms with Gasteiger partial charge < -0.3 is 4.74 Å². The molecule has 0 aliphatic carbocycles. The Balaban J connectivity index is 3.71. The molecule has 0 N–H and O–H groups in total. The molecule has 0 aromatic carbocycles. The first kappa shape index (κ1) is 6.99. The molecule has 0 unspecified atom stereocenters. The monoisotopic (exact) mass is 111 g/mol. The summed E-state index contributed by atoms with van der Waals surface area (Å²) in [5, 5.41) is 0. The van der Waals surface area contributed by atoms with Gasteiger partial charge in [-0.3, -0.25) is 0 Å². The van der Waals surface area contributed by atoms with Gasteiger partial charge in [0.1, 0.15) is 6.08 Å². The summed E-state index contributed by atoms with van der Waals surface area (Å²) in [6.07, 6.45) is 3.80. The third kappa shape index (κ3) is 3.19. The molecule has 2 heteroatoms. The lowest BCUT2D eigenvalue weighted by Gasteiger charge is -1.82. The van der Waals surface area contributed by atoms with E-state index < -0.39 is 5.97 Å². The summed E-state index contributed by atoms with van der Waals surface area (Å²) in [4.78, 5) is 10.2. The normalized spacial score (nSPS) is 6.75. The van der Waals surface area contributed by atoms with E-state index in [9.17, 15) is 4.79 Å². The molecule has 0 saturated heterocycles. The molecule has 0 heterocycles. The van der Waals surface area contributed by atoms with Crippen molar-refractivity contribution in [2.45, 2.75) is 6.92 Å². The first-order valence-corrected chi connectivity index (χ1v) is 2.18. The van der Waals surface area contributed by atoms with Crippen LogP contribution in [-0.2, 0) is 9.53 Å². The molecule has 0 aliphatic heterocycles. The number of methoxy groups -OCH3 is 1. The molecule has 0 fully saturated rings. The maximum Gasteiger partial charge on any atom is 0.347 e. The summed E-state index contributed by atoms with van der Waals surface area (Å²) in [5.41, 5.74) is 2.45. The second kappa shape index (κ2) is 4.16. The fraction of sp³-hybridized carbons (Fsp3) is 0.333. The molecular weight excluding hydrogens is 104 g/mol. The molecule has 0 rings (SSSR count). The average Bonchev–Trinajstić information content (AvgIpc) is 1.83. The van der Waals surface area contributed by atoms with Crippen LogP contribution >= 0.6 is 0 Å². The predicted molar refractivity (Wildman–Crippen MR) is 29.0 cm³/mol. The maximum atomic E-state index is 10.2.